The number of benzene rings is 1. The highest BCUT2D eigenvalue weighted by Gasteiger charge is 2.21. The van der Waals surface area contributed by atoms with Gasteiger partial charge in [-0.15, -0.1) is 0 Å². The van der Waals surface area contributed by atoms with Gasteiger partial charge in [0.05, 0.1) is 11.4 Å². The lowest BCUT2D eigenvalue weighted by atomic mass is 10.0. The number of aromatic nitrogens is 2. The molecule has 1 aromatic carbocycles. The summed E-state index contributed by atoms with van der Waals surface area (Å²) in [6.07, 6.45) is 2.91. The second-order valence-corrected chi connectivity index (χ2v) is 4.34. The van der Waals surface area contributed by atoms with Crippen molar-refractivity contribution in [2.45, 2.75) is 0 Å². The van der Waals surface area contributed by atoms with E-state index in [2.05, 4.69) is 9.97 Å². The molecule has 5 heteroatoms. The lowest BCUT2D eigenvalue weighted by Crippen LogP contribution is -1.99. The summed E-state index contributed by atoms with van der Waals surface area (Å²) >= 11 is 0. The molecule has 0 unspecified atom stereocenters. The Bertz CT molecular complexity index is 711. The molecule has 104 valence electrons. The standard InChI is InChI=1S/C16H9F3N2/c17-14-10(12-5-1-3-7-20-12)9-11(15(18)16(14)19)13-6-2-4-8-21-13/h1-9H. The summed E-state index contributed by atoms with van der Waals surface area (Å²) in [4.78, 5) is 7.93. The van der Waals surface area contributed by atoms with Gasteiger partial charge in [0.2, 0.25) is 0 Å². The van der Waals surface area contributed by atoms with Crippen LogP contribution in [0, 0.1) is 17.5 Å². The molecule has 0 fully saturated rings. The van der Waals surface area contributed by atoms with Gasteiger partial charge in [0.25, 0.3) is 0 Å². The van der Waals surface area contributed by atoms with Crippen molar-refractivity contribution < 1.29 is 13.2 Å². The Morgan fingerprint density at radius 3 is 1.48 bits per heavy atom. The van der Waals surface area contributed by atoms with E-state index in [1.165, 1.54) is 30.6 Å². The molecule has 0 saturated carbocycles. The summed E-state index contributed by atoms with van der Waals surface area (Å²) in [6.45, 7) is 0. The van der Waals surface area contributed by atoms with Gasteiger partial charge in [-0.2, -0.15) is 0 Å². The molecular weight excluding hydrogens is 277 g/mol. The maximum absolute atomic E-state index is 14.0. The summed E-state index contributed by atoms with van der Waals surface area (Å²) in [5, 5.41) is 0. The molecule has 2 nitrogen and oxygen atoms in total. The van der Waals surface area contributed by atoms with E-state index in [1.54, 1.807) is 24.3 Å². The van der Waals surface area contributed by atoms with Gasteiger partial charge in [-0.3, -0.25) is 9.97 Å². The molecular formula is C16H9F3N2. The maximum Gasteiger partial charge on any atom is 0.195 e. The molecule has 0 amide bonds. The van der Waals surface area contributed by atoms with Crippen molar-refractivity contribution in [1.29, 1.82) is 0 Å². The summed E-state index contributed by atoms with van der Waals surface area (Å²) in [5.74, 6) is -4.05. The highest BCUT2D eigenvalue weighted by Crippen LogP contribution is 2.31. The molecule has 0 saturated heterocycles. The molecule has 0 aliphatic carbocycles. The van der Waals surface area contributed by atoms with Gasteiger partial charge in [0.1, 0.15) is 0 Å². The largest absolute Gasteiger partial charge is 0.256 e. The summed E-state index contributed by atoms with van der Waals surface area (Å²) in [5.41, 5.74) is 0.252. The van der Waals surface area contributed by atoms with E-state index in [0.717, 1.165) is 0 Å². The molecule has 3 rings (SSSR count). The highest BCUT2D eigenvalue weighted by molar-refractivity contribution is 5.70. The van der Waals surface area contributed by atoms with E-state index in [4.69, 9.17) is 0 Å². The number of pyridine rings is 2. The number of nitrogens with zero attached hydrogens (tertiary/aromatic N) is 2. The second-order valence-electron chi connectivity index (χ2n) is 4.34. The van der Waals surface area contributed by atoms with Crippen molar-refractivity contribution >= 4 is 0 Å². The zero-order valence-electron chi connectivity index (χ0n) is 10.7. The normalized spacial score (nSPS) is 10.6. The van der Waals surface area contributed by atoms with Gasteiger partial charge in [-0.1, -0.05) is 12.1 Å². The monoisotopic (exact) mass is 286 g/mol. The van der Waals surface area contributed by atoms with E-state index < -0.39 is 17.5 Å². The third-order valence-electron chi connectivity index (χ3n) is 3.03. The SMILES string of the molecule is Fc1c(-c2ccccn2)cc(-c2ccccn2)c(F)c1F. The second kappa shape index (κ2) is 5.36. The first-order valence-corrected chi connectivity index (χ1v) is 6.19. The Hall–Kier alpha value is -2.69. The number of hydrogen-bond acceptors (Lipinski definition) is 2. The Labute approximate surface area is 118 Å². The van der Waals surface area contributed by atoms with Gasteiger partial charge in [-0.05, 0) is 30.3 Å². The summed E-state index contributed by atoms with van der Waals surface area (Å²) < 4.78 is 41.8. The number of rotatable bonds is 2. The van der Waals surface area contributed by atoms with E-state index in [1.807, 2.05) is 0 Å². The average Bonchev–Trinajstić information content (AvgIpc) is 2.55. The fourth-order valence-electron chi connectivity index (χ4n) is 2.02. The Kier molecular flexibility index (Phi) is 3.39. The Morgan fingerprint density at radius 2 is 1.10 bits per heavy atom. The predicted octanol–water partition coefficient (Wildman–Crippen LogP) is 4.23. The third-order valence-corrected chi connectivity index (χ3v) is 3.03. The lowest BCUT2D eigenvalue weighted by Gasteiger charge is -2.09. The van der Waals surface area contributed by atoms with Crippen LogP contribution in [0.1, 0.15) is 0 Å². The minimum absolute atomic E-state index is 0.102. The molecule has 0 spiro atoms. The van der Waals surface area contributed by atoms with Crippen molar-refractivity contribution in [2.75, 3.05) is 0 Å². The summed E-state index contributed by atoms with van der Waals surface area (Å²) in [6, 6.07) is 10.9. The molecule has 3 aromatic rings. The molecule has 0 N–H and O–H groups in total. The van der Waals surface area contributed by atoms with Crippen molar-refractivity contribution in [3.05, 3.63) is 72.3 Å². The van der Waals surface area contributed by atoms with Crippen molar-refractivity contribution in [3.63, 3.8) is 0 Å². The highest BCUT2D eigenvalue weighted by atomic mass is 19.2. The van der Waals surface area contributed by atoms with Gasteiger partial charge >= 0.3 is 0 Å². The van der Waals surface area contributed by atoms with Crippen LogP contribution >= 0.6 is 0 Å². The Morgan fingerprint density at radius 1 is 0.619 bits per heavy atom. The van der Waals surface area contributed by atoms with Crippen LogP contribution in [0.15, 0.2) is 54.9 Å². The van der Waals surface area contributed by atoms with Crippen LogP contribution in [0.4, 0.5) is 13.2 Å². The molecule has 0 bridgehead atoms. The first kappa shape index (κ1) is 13.3. The molecule has 0 radical (unpaired) electrons. The molecule has 2 heterocycles. The van der Waals surface area contributed by atoms with Crippen molar-refractivity contribution in [2.24, 2.45) is 0 Å². The van der Waals surface area contributed by atoms with E-state index in [9.17, 15) is 13.2 Å². The zero-order valence-corrected chi connectivity index (χ0v) is 10.7. The third kappa shape index (κ3) is 2.38. The Balaban J connectivity index is 2.26. The van der Waals surface area contributed by atoms with Crippen LogP contribution in [-0.4, -0.2) is 9.97 Å². The van der Waals surface area contributed by atoms with Crippen LogP contribution in [0.5, 0.6) is 0 Å². The van der Waals surface area contributed by atoms with Gasteiger partial charge in [0.15, 0.2) is 17.5 Å². The smallest absolute Gasteiger partial charge is 0.195 e. The van der Waals surface area contributed by atoms with Crippen LogP contribution < -0.4 is 0 Å². The minimum atomic E-state index is -1.53. The number of halogens is 3. The maximum atomic E-state index is 14.0. The molecule has 0 aliphatic rings. The molecule has 2 aromatic heterocycles. The van der Waals surface area contributed by atoms with Crippen LogP contribution in [0.2, 0.25) is 0 Å². The van der Waals surface area contributed by atoms with E-state index >= 15 is 0 Å². The topological polar surface area (TPSA) is 25.8 Å². The summed E-state index contributed by atoms with van der Waals surface area (Å²) in [7, 11) is 0. The van der Waals surface area contributed by atoms with Crippen molar-refractivity contribution in [3.8, 4) is 22.5 Å². The van der Waals surface area contributed by atoms with Crippen molar-refractivity contribution in [1.82, 2.24) is 9.97 Å². The lowest BCUT2D eigenvalue weighted by molar-refractivity contribution is 0.450. The van der Waals surface area contributed by atoms with Gasteiger partial charge in [-0.25, -0.2) is 13.2 Å². The zero-order chi connectivity index (χ0) is 14.8. The predicted molar refractivity (Wildman–Crippen MR) is 72.8 cm³/mol. The first-order chi connectivity index (χ1) is 10.2. The van der Waals surface area contributed by atoms with Gasteiger partial charge < -0.3 is 0 Å². The molecule has 0 aliphatic heterocycles. The molecule has 0 atom stereocenters. The van der Waals surface area contributed by atoms with Crippen LogP contribution in [-0.2, 0) is 0 Å². The first-order valence-electron chi connectivity index (χ1n) is 6.19. The fourth-order valence-corrected chi connectivity index (χ4v) is 2.02. The van der Waals surface area contributed by atoms with Crippen LogP contribution in [0.25, 0.3) is 22.5 Å². The average molecular weight is 286 g/mol. The number of hydrogen-bond donors (Lipinski definition) is 0. The fraction of sp³-hybridized carbons (Fsp3) is 0. The van der Waals surface area contributed by atoms with E-state index in [-0.39, 0.29) is 22.5 Å². The van der Waals surface area contributed by atoms with E-state index in [0.29, 0.717) is 0 Å². The minimum Gasteiger partial charge on any atom is -0.256 e. The molecule has 21 heavy (non-hydrogen) atoms. The quantitative estimate of drug-likeness (QED) is 0.659. The van der Waals surface area contributed by atoms with Gasteiger partial charge in [0, 0.05) is 23.5 Å². The van der Waals surface area contributed by atoms with Crippen LogP contribution in [0.3, 0.4) is 0 Å².